The Labute approximate surface area is 476 Å². The van der Waals surface area contributed by atoms with Crippen molar-refractivity contribution in [2.24, 2.45) is 0 Å². The smallest absolute Gasteiger partial charge is 0.220 e. The van der Waals surface area contributed by atoms with Gasteiger partial charge in [-0.25, -0.2) is 0 Å². The van der Waals surface area contributed by atoms with Crippen LogP contribution in [-0.2, 0) is 14.3 Å². The summed E-state index contributed by atoms with van der Waals surface area (Å²) in [5.41, 5.74) is 0. The van der Waals surface area contributed by atoms with Gasteiger partial charge in [0.25, 0.3) is 0 Å². The predicted molar refractivity (Wildman–Crippen MR) is 331 cm³/mol. The van der Waals surface area contributed by atoms with Crippen LogP contribution >= 0.6 is 0 Å². The molecule has 7 atom stereocenters. The number of unbranched alkanes of at least 4 members (excludes halogenated alkanes) is 19. The van der Waals surface area contributed by atoms with E-state index in [1.54, 1.807) is 6.08 Å². The molecule has 0 aromatic rings. The first-order valence-corrected chi connectivity index (χ1v) is 31.1. The molecule has 1 aliphatic rings. The van der Waals surface area contributed by atoms with Crippen molar-refractivity contribution in [3.63, 3.8) is 0 Å². The van der Waals surface area contributed by atoms with Crippen molar-refractivity contribution in [2.45, 2.75) is 269 Å². The molecule has 6 N–H and O–H groups in total. The molecule has 1 aliphatic heterocycles. The van der Waals surface area contributed by atoms with Crippen LogP contribution in [0.5, 0.6) is 0 Å². The minimum Gasteiger partial charge on any atom is -0.394 e. The molecule has 442 valence electrons. The number of carbonyl (C=O) groups is 1. The lowest BCUT2D eigenvalue weighted by Crippen LogP contribution is -2.60. The lowest BCUT2D eigenvalue weighted by molar-refractivity contribution is -0.302. The van der Waals surface area contributed by atoms with Crippen molar-refractivity contribution in [1.29, 1.82) is 0 Å². The summed E-state index contributed by atoms with van der Waals surface area (Å²) in [5, 5.41) is 54.5. The van der Waals surface area contributed by atoms with Crippen LogP contribution in [0.15, 0.2) is 146 Å². The highest BCUT2D eigenvalue weighted by molar-refractivity contribution is 5.76. The Morgan fingerprint density at radius 3 is 1.23 bits per heavy atom. The van der Waals surface area contributed by atoms with E-state index in [9.17, 15) is 30.3 Å². The average Bonchev–Trinajstić information content (AvgIpc) is 3.45. The van der Waals surface area contributed by atoms with Gasteiger partial charge in [0.1, 0.15) is 24.4 Å². The van der Waals surface area contributed by atoms with Crippen molar-refractivity contribution < 1.29 is 39.8 Å². The van der Waals surface area contributed by atoms with Gasteiger partial charge in [0.2, 0.25) is 5.91 Å². The monoisotopic (exact) mass is 1080 g/mol. The summed E-state index contributed by atoms with van der Waals surface area (Å²) in [5.74, 6) is -0.207. The van der Waals surface area contributed by atoms with Crippen LogP contribution < -0.4 is 5.32 Å². The number of aliphatic hydroxyl groups is 5. The van der Waals surface area contributed by atoms with Crippen molar-refractivity contribution >= 4 is 5.91 Å². The van der Waals surface area contributed by atoms with E-state index < -0.39 is 49.5 Å². The van der Waals surface area contributed by atoms with Crippen LogP contribution in [0.4, 0.5) is 0 Å². The van der Waals surface area contributed by atoms with E-state index in [4.69, 9.17) is 9.47 Å². The minimum atomic E-state index is -1.58. The van der Waals surface area contributed by atoms with E-state index in [0.29, 0.717) is 6.42 Å². The van der Waals surface area contributed by atoms with Crippen LogP contribution in [0.1, 0.15) is 226 Å². The Bertz CT molecular complexity index is 1730. The highest BCUT2D eigenvalue weighted by Gasteiger charge is 2.44. The molecule has 0 aliphatic carbocycles. The molecule has 0 spiro atoms. The van der Waals surface area contributed by atoms with Crippen LogP contribution in [0, 0.1) is 0 Å². The minimum absolute atomic E-state index is 0.207. The molecule has 1 saturated heterocycles. The largest absolute Gasteiger partial charge is 0.394 e. The summed E-state index contributed by atoms with van der Waals surface area (Å²) in [4.78, 5) is 13.1. The van der Waals surface area contributed by atoms with Crippen LogP contribution in [0.25, 0.3) is 0 Å². The highest BCUT2D eigenvalue weighted by Crippen LogP contribution is 2.23. The Morgan fingerprint density at radius 1 is 0.449 bits per heavy atom. The number of hydrogen-bond acceptors (Lipinski definition) is 8. The zero-order valence-electron chi connectivity index (χ0n) is 49.1. The van der Waals surface area contributed by atoms with Gasteiger partial charge < -0.3 is 40.3 Å². The molecule has 0 bridgehead atoms. The fourth-order valence-electron chi connectivity index (χ4n) is 8.79. The topological polar surface area (TPSA) is 149 Å². The molecule has 78 heavy (non-hydrogen) atoms. The Balaban J connectivity index is 2.23. The highest BCUT2D eigenvalue weighted by atomic mass is 16.7. The lowest BCUT2D eigenvalue weighted by atomic mass is 9.99. The number of hydrogen-bond donors (Lipinski definition) is 6. The summed E-state index contributed by atoms with van der Waals surface area (Å²) in [7, 11) is 0. The SMILES string of the molecule is CC/C=C\C/C=C\C/C=C\C/C=C\C/C=C\C/C=C\C/C=C\C/C=C\C/C=C\C/C=C\CCCCCCCCC(=O)NC(COC1OC(CO)C(O)C(O)C1O)C(O)/C=C/CC/C=C/CCCCCCCCCCCCCC. The van der Waals surface area contributed by atoms with E-state index in [1.165, 1.54) is 77.0 Å². The van der Waals surface area contributed by atoms with Gasteiger partial charge >= 0.3 is 0 Å². The summed E-state index contributed by atoms with van der Waals surface area (Å²) in [6.45, 7) is 3.63. The quantitative estimate of drug-likeness (QED) is 0.0261. The number of rotatable bonds is 51. The molecule has 0 radical (unpaired) electrons. The van der Waals surface area contributed by atoms with Crippen LogP contribution in [0.3, 0.4) is 0 Å². The molecular weight excluding hydrogens is 971 g/mol. The third-order valence-corrected chi connectivity index (χ3v) is 13.6. The maximum Gasteiger partial charge on any atom is 0.220 e. The maximum absolute atomic E-state index is 13.1. The van der Waals surface area contributed by atoms with Gasteiger partial charge in [0, 0.05) is 6.42 Å². The maximum atomic E-state index is 13.1. The number of aliphatic hydroxyl groups excluding tert-OH is 5. The van der Waals surface area contributed by atoms with Crippen molar-refractivity contribution in [3.8, 4) is 0 Å². The number of nitrogens with one attached hydrogen (secondary N) is 1. The standard InChI is InChI=1S/C69H113NO8/c1-3-5-7-9-11-13-15-17-19-21-23-24-25-26-27-28-29-30-31-32-33-34-35-36-37-38-39-40-41-43-45-47-49-51-53-55-57-59-65(73)70-62(61-77-69-68(76)67(75)66(74)64(60-71)78-69)63(72)58-56-54-52-50-48-46-44-42-22-20-18-16-14-12-10-8-6-4-2/h5,7,11,13,17,19,23-24,26-27,29-30,32-33,35-36,38-39,41,43,48,50,56,58,62-64,66-69,71-72,74-76H,3-4,6,8-10,12,14-16,18,20-22,25,28,31,34,37,40,42,44-47,49,51-55,57,59-61H2,1-2H3,(H,70,73)/b7-5-,13-11-,19-17-,24-23-,27-26-,30-29-,33-32-,36-35-,39-38-,43-41-,50-48+,58-56+. The van der Waals surface area contributed by atoms with E-state index in [-0.39, 0.29) is 12.5 Å². The Hall–Kier alpha value is -3.93. The van der Waals surface area contributed by atoms with Crippen molar-refractivity contribution in [2.75, 3.05) is 13.2 Å². The van der Waals surface area contributed by atoms with E-state index in [0.717, 1.165) is 128 Å². The molecule has 1 amide bonds. The third kappa shape index (κ3) is 44.9. The molecule has 1 fully saturated rings. The predicted octanol–water partition coefficient (Wildman–Crippen LogP) is 16.2. The normalized spacial score (nSPS) is 19.7. The van der Waals surface area contributed by atoms with Gasteiger partial charge in [0.15, 0.2) is 6.29 Å². The second-order valence-corrected chi connectivity index (χ2v) is 20.8. The lowest BCUT2D eigenvalue weighted by Gasteiger charge is -2.40. The molecule has 0 saturated carbocycles. The van der Waals surface area contributed by atoms with Crippen LogP contribution in [-0.4, -0.2) is 87.5 Å². The van der Waals surface area contributed by atoms with Gasteiger partial charge in [-0.15, -0.1) is 0 Å². The first-order chi connectivity index (χ1) is 38.3. The summed E-state index contributed by atoms with van der Waals surface area (Å²) < 4.78 is 11.3. The second-order valence-electron chi connectivity index (χ2n) is 20.8. The fourth-order valence-corrected chi connectivity index (χ4v) is 8.79. The first-order valence-electron chi connectivity index (χ1n) is 31.1. The van der Waals surface area contributed by atoms with E-state index in [2.05, 4.69) is 153 Å². The van der Waals surface area contributed by atoms with Crippen molar-refractivity contribution in [1.82, 2.24) is 5.32 Å². The number of amides is 1. The van der Waals surface area contributed by atoms with Gasteiger partial charge in [0.05, 0.1) is 25.4 Å². The molecule has 1 heterocycles. The number of carbonyl (C=O) groups excluding carboxylic acids is 1. The Kier molecular flexibility index (Phi) is 52.1. The molecule has 1 rings (SSSR count). The second kappa shape index (κ2) is 56.3. The van der Waals surface area contributed by atoms with Gasteiger partial charge in [-0.3, -0.25) is 4.79 Å². The zero-order valence-corrected chi connectivity index (χ0v) is 49.1. The van der Waals surface area contributed by atoms with E-state index in [1.807, 2.05) is 6.08 Å². The molecule has 7 unspecified atom stereocenters. The number of allylic oxidation sites excluding steroid dienone is 23. The van der Waals surface area contributed by atoms with E-state index >= 15 is 0 Å². The molecule has 0 aromatic carbocycles. The molecule has 0 aromatic heterocycles. The molecular formula is C69H113NO8. The summed E-state index contributed by atoms with van der Waals surface area (Å²) in [6, 6.07) is -0.841. The zero-order chi connectivity index (χ0) is 56.5. The van der Waals surface area contributed by atoms with Crippen molar-refractivity contribution in [3.05, 3.63) is 146 Å². The van der Waals surface area contributed by atoms with Gasteiger partial charge in [-0.1, -0.05) is 256 Å². The first kappa shape index (κ1) is 72.1. The van der Waals surface area contributed by atoms with Gasteiger partial charge in [-0.05, 0) is 109 Å². The average molecular weight is 1080 g/mol. The molecule has 9 heteroatoms. The molecule has 9 nitrogen and oxygen atoms in total. The van der Waals surface area contributed by atoms with Gasteiger partial charge in [-0.2, -0.15) is 0 Å². The third-order valence-electron chi connectivity index (χ3n) is 13.6. The Morgan fingerprint density at radius 2 is 0.808 bits per heavy atom. The number of ether oxygens (including phenoxy) is 2. The fraction of sp³-hybridized carbons (Fsp3) is 0.638. The van der Waals surface area contributed by atoms with Crippen LogP contribution in [0.2, 0.25) is 0 Å². The summed E-state index contributed by atoms with van der Waals surface area (Å²) >= 11 is 0. The summed E-state index contributed by atoms with van der Waals surface area (Å²) in [6.07, 6.45) is 80.6.